The van der Waals surface area contributed by atoms with Gasteiger partial charge in [0.1, 0.15) is 12.7 Å². The van der Waals surface area contributed by atoms with Crippen LogP contribution < -0.4 is 5.32 Å². The maximum Gasteiger partial charge on any atom is 0.472 e. The molecule has 0 saturated carbocycles. The van der Waals surface area contributed by atoms with Gasteiger partial charge in [0, 0.05) is 12.8 Å². The predicted octanol–water partition coefficient (Wildman–Crippen LogP) is 8.66. The smallest absolute Gasteiger partial charge is 0.472 e. The van der Waals surface area contributed by atoms with Gasteiger partial charge >= 0.3 is 19.8 Å². The van der Waals surface area contributed by atoms with Crippen molar-refractivity contribution in [2.24, 2.45) is 0 Å². The number of phosphoric ester groups is 1. The number of carboxylic acids is 1. The van der Waals surface area contributed by atoms with Gasteiger partial charge in [0.05, 0.1) is 13.2 Å². The molecular formula is C38H66NO10P. The average molecular weight is 728 g/mol. The van der Waals surface area contributed by atoms with Crippen molar-refractivity contribution in [2.75, 3.05) is 19.8 Å². The van der Waals surface area contributed by atoms with Crippen LogP contribution in [-0.2, 0) is 32.7 Å². The Bertz CT molecular complexity index is 1040. The lowest BCUT2D eigenvalue weighted by Crippen LogP contribution is -2.43. The molecule has 4 N–H and O–H groups in total. The molecule has 0 aromatic rings. The van der Waals surface area contributed by atoms with Gasteiger partial charge in [-0.1, -0.05) is 127 Å². The monoisotopic (exact) mass is 727 g/mol. The summed E-state index contributed by atoms with van der Waals surface area (Å²) in [5.41, 5.74) is 0. The number of hydrogen-bond donors (Lipinski definition) is 4. The summed E-state index contributed by atoms with van der Waals surface area (Å²) in [5.74, 6) is -2.44. The van der Waals surface area contributed by atoms with E-state index in [1.165, 1.54) is 51.4 Å². The van der Waals surface area contributed by atoms with E-state index in [4.69, 9.17) is 13.8 Å². The molecule has 11 nitrogen and oxygen atoms in total. The second-order valence-electron chi connectivity index (χ2n) is 12.4. The van der Waals surface area contributed by atoms with Gasteiger partial charge in [0.15, 0.2) is 6.04 Å². The van der Waals surface area contributed by atoms with Crippen LogP contribution >= 0.6 is 7.82 Å². The molecule has 0 aliphatic carbocycles. The van der Waals surface area contributed by atoms with Gasteiger partial charge in [-0.3, -0.25) is 18.6 Å². The minimum atomic E-state index is -4.76. The highest BCUT2D eigenvalue weighted by atomic mass is 31.2. The second kappa shape index (κ2) is 33.6. The van der Waals surface area contributed by atoms with Gasteiger partial charge in [0.25, 0.3) is 0 Å². The molecule has 288 valence electrons. The third kappa shape index (κ3) is 32.6. The van der Waals surface area contributed by atoms with E-state index < -0.39 is 57.6 Å². The molecule has 0 aliphatic heterocycles. The molecule has 0 aromatic heterocycles. The molecule has 0 rings (SSSR count). The fraction of sp³-hybridized carbons (Fsp3) is 0.711. The number of aliphatic hydroxyl groups is 1. The third-order valence-corrected chi connectivity index (χ3v) is 8.57. The molecule has 3 atom stereocenters. The van der Waals surface area contributed by atoms with E-state index in [0.29, 0.717) is 19.3 Å². The molecule has 0 bridgehead atoms. The highest BCUT2D eigenvalue weighted by Crippen LogP contribution is 2.43. The zero-order valence-electron chi connectivity index (χ0n) is 30.7. The number of amides is 1. The summed E-state index contributed by atoms with van der Waals surface area (Å²) in [6.07, 6.45) is 34.5. The van der Waals surface area contributed by atoms with Crippen molar-refractivity contribution >= 4 is 25.7 Å². The molecule has 50 heavy (non-hydrogen) atoms. The first-order chi connectivity index (χ1) is 24.1. The zero-order valence-corrected chi connectivity index (χ0v) is 31.6. The zero-order chi connectivity index (χ0) is 37.1. The number of hydrogen-bond acceptors (Lipinski definition) is 8. The summed E-state index contributed by atoms with van der Waals surface area (Å²) in [7, 11) is -4.76. The molecule has 0 heterocycles. The molecule has 0 aliphatic rings. The number of unbranched alkanes of at least 4 members (excludes halogenated alkanes) is 12. The van der Waals surface area contributed by atoms with Crippen molar-refractivity contribution in [1.82, 2.24) is 5.32 Å². The van der Waals surface area contributed by atoms with Gasteiger partial charge in [-0.2, -0.15) is 0 Å². The van der Waals surface area contributed by atoms with Crippen LogP contribution in [0.1, 0.15) is 142 Å². The van der Waals surface area contributed by atoms with Crippen molar-refractivity contribution in [3.8, 4) is 0 Å². The Labute approximate surface area is 301 Å². The van der Waals surface area contributed by atoms with E-state index in [2.05, 4.69) is 55.6 Å². The summed E-state index contributed by atoms with van der Waals surface area (Å²) in [6, 6.07) is -1.55. The van der Waals surface area contributed by atoms with Gasteiger partial charge in [-0.05, 0) is 51.4 Å². The Kier molecular flexibility index (Phi) is 31.9. The lowest BCUT2D eigenvalue weighted by molar-refractivity contribution is -0.147. The number of carbonyl (C=O) groups excluding carboxylic acids is 2. The van der Waals surface area contributed by atoms with Crippen LogP contribution in [0.2, 0.25) is 0 Å². The SMILES string of the molecule is CCCCC/C=C\C/C=C\C/C=C\C/C=C\CCCC(=O)OCC(O)COP(=O)(O)OCC(NC(=O)CCCCCCCCCCC)C(=O)O. The first-order valence-electron chi connectivity index (χ1n) is 18.7. The van der Waals surface area contributed by atoms with Gasteiger partial charge in [-0.15, -0.1) is 0 Å². The highest BCUT2D eigenvalue weighted by Gasteiger charge is 2.28. The van der Waals surface area contributed by atoms with Crippen LogP contribution in [-0.4, -0.2) is 64.9 Å². The van der Waals surface area contributed by atoms with Gasteiger partial charge < -0.3 is 25.2 Å². The number of aliphatic carboxylic acids is 1. The van der Waals surface area contributed by atoms with Crippen LogP contribution in [0.15, 0.2) is 48.6 Å². The lowest BCUT2D eigenvalue weighted by atomic mass is 10.1. The normalized spacial score (nSPS) is 14.5. The Hall–Kier alpha value is -2.56. The number of allylic oxidation sites excluding steroid dienone is 8. The van der Waals surface area contributed by atoms with Crippen LogP contribution in [0.3, 0.4) is 0 Å². The third-order valence-electron chi connectivity index (χ3n) is 7.62. The van der Waals surface area contributed by atoms with Crippen molar-refractivity contribution in [2.45, 2.75) is 154 Å². The van der Waals surface area contributed by atoms with Crippen molar-refractivity contribution in [3.05, 3.63) is 48.6 Å². The molecule has 0 aromatic carbocycles. The standard InChI is InChI=1S/C38H66NO10P/c1-3-5-7-9-11-13-14-15-16-17-18-19-20-22-24-26-28-30-37(42)47-31-34(40)32-48-50(45,46)49-33-35(38(43)44)39-36(41)29-27-25-23-21-12-10-8-6-4-2/h11,13,15-16,18-19,22,24,34-35,40H,3-10,12,14,17,20-21,23,25-33H2,1-2H3,(H,39,41)(H,43,44)(H,45,46)/b13-11-,16-15-,19-18-,24-22-. The first-order valence-corrected chi connectivity index (χ1v) is 20.2. The maximum absolute atomic E-state index is 12.2. The Morgan fingerprint density at radius 1 is 0.640 bits per heavy atom. The highest BCUT2D eigenvalue weighted by molar-refractivity contribution is 7.47. The quantitative estimate of drug-likeness (QED) is 0.0218. The Morgan fingerprint density at radius 2 is 1.12 bits per heavy atom. The topological polar surface area (TPSA) is 169 Å². The number of carbonyl (C=O) groups is 3. The fourth-order valence-electron chi connectivity index (χ4n) is 4.66. The maximum atomic E-state index is 12.2. The predicted molar refractivity (Wildman–Crippen MR) is 199 cm³/mol. The van der Waals surface area contributed by atoms with E-state index in [9.17, 15) is 34.1 Å². The summed E-state index contributed by atoms with van der Waals surface area (Å²) in [5, 5.41) is 21.7. The minimum Gasteiger partial charge on any atom is -0.480 e. The number of rotatable bonds is 34. The number of phosphoric acid groups is 1. The van der Waals surface area contributed by atoms with Gasteiger partial charge in [0.2, 0.25) is 5.91 Å². The van der Waals surface area contributed by atoms with E-state index in [0.717, 1.165) is 44.9 Å². The first kappa shape index (κ1) is 47.4. The lowest BCUT2D eigenvalue weighted by Gasteiger charge is -2.18. The van der Waals surface area contributed by atoms with Crippen molar-refractivity contribution in [3.63, 3.8) is 0 Å². The van der Waals surface area contributed by atoms with E-state index in [-0.39, 0.29) is 12.8 Å². The summed E-state index contributed by atoms with van der Waals surface area (Å²) in [6.45, 7) is 2.44. The second-order valence-corrected chi connectivity index (χ2v) is 13.9. The van der Waals surface area contributed by atoms with Crippen LogP contribution in [0, 0.1) is 0 Å². The van der Waals surface area contributed by atoms with Crippen molar-refractivity contribution < 1.29 is 47.8 Å². The van der Waals surface area contributed by atoms with Crippen molar-refractivity contribution in [1.29, 1.82) is 0 Å². The molecule has 3 unspecified atom stereocenters. The molecule has 0 spiro atoms. The molecule has 12 heteroatoms. The summed E-state index contributed by atoms with van der Waals surface area (Å²) < 4.78 is 26.6. The fourth-order valence-corrected chi connectivity index (χ4v) is 5.43. The number of carboxylic acid groups (broad SMARTS) is 1. The number of esters is 1. The molecule has 0 radical (unpaired) electrons. The number of aliphatic hydroxyl groups excluding tert-OH is 1. The van der Waals surface area contributed by atoms with Crippen LogP contribution in [0.4, 0.5) is 0 Å². The largest absolute Gasteiger partial charge is 0.480 e. The van der Waals surface area contributed by atoms with E-state index >= 15 is 0 Å². The van der Waals surface area contributed by atoms with Gasteiger partial charge in [-0.25, -0.2) is 9.36 Å². The summed E-state index contributed by atoms with van der Waals surface area (Å²) >= 11 is 0. The molecule has 1 amide bonds. The molecule has 0 fully saturated rings. The average Bonchev–Trinajstić information content (AvgIpc) is 3.08. The number of ether oxygens (including phenoxy) is 1. The molecular weight excluding hydrogens is 661 g/mol. The van der Waals surface area contributed by atoms with E-state index in [1.54, 1.807) is 0 Å². The van der Waals surface area contributed by atoms with E-state index in [1.807, 2.05) is 12.2 Å². The Balaban J connectivity index is 4.04. The van der Waals surface area contributed by atoms with Crippen LogP contribution in [0.5, 0.6) is 0 Å². The molecule has 0 saturated heterocycles. The minimum absolute atomic E-state index is 0.141. The Morgan fingerprint density at radius 3 is 1.68 bits per heavy atom. The van der Waals surface area contributed by atoms with Crippen LogP contribution in [0.25, 0.3) is 0 Å². The number of nitrogens with one attached hydrogen (secondary N) is 1. The summed E-state index contributed by atoms with van der Waals surface area (Å²) in [4.78, 5) is 45.5.